The van der Waals surface area contributed by atoms with E-state index in [0.29, 0.717) is 0 Å². The predicted molar refractivity (Wildman–Crippen MR) is 55.9 cm³/mol. The minimum Gasteiger partial charge on any atom is -0.396 e. The minimum atomic E-state index is -2.57. The summed E-state index contributed by atoms with van der Waals surface area (Å²) in [6, 6.07) is 0. The molecule has 0 saturated carbocycles. The van der Waals surface area contributed by atoms with Crippen molar-refractivity contribution in [3.63, 3.8) is 0 Å². The largest absolute Gasteiger partial charge is 0.396 e. The van der Waals surface area contributed by atoms with Gasteiger partial charge in [-0.05, 0) is 0 Å². The standard InChI is InChI=1S/C12H2F9N/c13-3-1(4(14)7(17)9(19)6(3)16)2-5(15)8(18)10(20)11(21)12(2)22/h22H2. The van der Waals surface area contributed by atoms with E-state index in [1.165, 1.54) is 0 Å². The van der Waals surface area contributed by atoms with Crippen molar-refractivity contribution < 1.29 is 39.5 Å². The second-order valence-corrected chi connectivity index (χ2v) is 3.99. The van der Waals surface area contributed by atoms with E-state index in [1.807, 2.05) is 0 Å². The molecule has 2 aromatic rings. The predicted octanol–water partition coefficient (Wildman–Crippen LogP) is 4.19. The van der Waals surface area contributed by atoms with Crippen LogP contribution in [0.25, 0.3) is 11.1 Å². The van der Waals surface area contributed by atoms with Crippen molar-refractivity contribution in [2.75, 3.05) is 5.73 Å². The summed E-state index contributed by atoms with van der Waals surface area (Å²) in [6.07, 6.45) is 0. The maximum Gasteiger partial charge on any atom is 0.200 e. The average Bonchev–Trinajstić information content (AvgIpc) is 2.50. The van der Waals surface area contributed by atoms with E-state index < -0.39 is 69.2 Å². The number of benzene rings is 2. The SMILES string of the molecule is Nc1c(F)c(F)c(F)c(F)c1-c1c(F)c(F)c(F)c(F)c1F. The van der Waals surface area contributed by atoms with Gasteiger partial charge in [-0.1, -0.05) is 0 Å². The van der Waals surface area contributed by atoms with Gasteiger partial charge >= 0.3 is 0 Å². The molecule has 0 unspecified atom stereocenters. The Hall–Kier alpha value is -2.39. The van der Waals surface area contributed by atoms with Crippen molar-refractivity contribution in [1.82, 2.24) is 0 Å². The van der Waals surface area contributed by atoms with Crippen LogP contribution in [0.15, 0.2) is 0 Å². The lowest BCUT2D eigenvalue weighted by molar-refractivity contribution is 0.379. The number of rotatable bonds is 1. The topological polar surface area (TPSA) is 26.0 Å². The van der Waals surface area contributed by atoms with Crippen LogP contribution in [0.3, 0.4) is 0 Å². The molecule has 0 radical (unpaired) electrons. The van der Waals surface area contributed by atoms with Crippen molar-refractivity contribution in [2.45, 2.75) is 0 Å². The maximum absolute atomic E-state index is 13.6. The van der Waals surface area contributed by atoms with Gasteiger partial charge in [0.2, 0.25) is 5.82 Å². The number of nitrogen functional groups attached to an aromatic ring is 1. The van der Waals surface area contributed by atoms with Gasteiger partial charge in [-0.3, -0.25) is 0 Å². The van der Waals surface area contributed by atoms with Gasteiger partial charge in [0.05, 0.1) is 16.8 Å². The first-order valence-electron chi connectivity index (χ1n) is 5.24. The summed E-state index contributed by atoms with van der Waals surface area (Å²) in [4.78, 5) is 0. The van der Waals surface area contributed by atoms with Crippen molar-refractivity contribution in [3.8, 4) is 11.1 Å². The molecule has 0 aliphatic carbocycles. The van der Waals surface area contributed by atoms with Gasteiger partial charge in [0.25, 0.3) is 0 Å². The molecule has 0 aromatic heterocycles. The van der Waals surface area contributed by atoms with Gasteiger partial charge in [-0.25, -0.2) is 39.5 Å². The lowest BCUT2D eigenvalue weighted by Crippen LogP contribution is -2.10. The van der Waals surface area contributed by atoms with E-state index >= 15 is 0 Å². The van der Waals surface area contributed by atoms with Crippen molar-refractivity contribution in [3.05, 3.63) is 52.4 Å². The third kappa shape index (κ3) is 1.97. The number of nitrogens with two attached hydrogens (primary N) is 1. The molecule has 22 heavy (non-hydrogen) atoms. The first kappa shape index (κ1) is 16.0. The molecule has 0 spiro atoms. The van der Waals surface area contributed by atoms with Gasteiger partial charge in [-0.2, -0.15) is 0 Å². The smallest absolute Gasteiger partial charge is 0.200 e. The van der Waals surface area contributed by atoms with Crippen LogP contribution in [0, 0.1) is 52.4 Å². The van der Waals surface area contributed by atoms with Gasteiger partial charge in [0.15, 0.2) is 46.5 Å². The summed E-state index contributed by atoms with van der Waals surface area (Å²) < 4.78 is 119. The van der Waals surface area contributed by atoms with Crippen LogP contribution in [-0.2, 0) is 0 Å². The van der Waals surface area contributed by atoms with E-state index in [2.05, 4.69) is 0 Å². The van der Waals surface area contributed by atoms with Crippen LogP contribution in [0.4, 0.5) is 45.2 Å². The zero-order valence-electron chi connectivity index (χ0n) is 9.98. The monoisotopic (exact) mass is 331 g/mol. The van der Waals surface area contributed by atoms with Gasteiger partial charge in [0, 0.05) is 0 Å². The quantitative estimate of drug-likeness (QED) is 0.361. The molecule has 0 bridgehead atoms. The summed E-state index contributed by atoms with van der Waals surface area (Å²) in [5, 5.41) is 0. The highest BCUT2D eigenvalue weighted by molar-refractivity contribution is 5.78. The third-order valence-corrected chi connectivity index (χ3v) is 2.76. The molecule has 10 heteroatoms. The summed E-state index contributed by atoms with van der Waals surface area (Å²) in [6.45, 7) is 0. The Balaban J connectivity index is 3.03. The number of hydrogen-bond acceptors (Lipinski definition) is 1. The van der Waals surface area contributed by atoms with Gasteiger partial charge in [0.1, 0.15) is 0 Å². The third-order valence-electron chi connectivity index (χ3n) is 2.76. The molecule has 0 atom stereocenters. The highest BCUT2D eigenvalue weighted by Crippen LogP contribution is 2.39. The molecule has 2 rings (SSSR count). The van der Waals surface area contributed by atoms with Crippen molar-refractivity contribution >= 4 is 5.69 Å². The molecule has 0 fully saturated rings. The molecule has 0 heterocycles. The minimum absolute atomic E-state index is 1.65. The Labute approximate surface area is 115 Å². The zero-order chi connectivity index (χ0) is 16.9. The molecular formula is C12H2F9N. The first-order valence-corrected chi connectivity index (χ1v) is 5.24. The number of halogens is 9. The lowest BCUT2D eigenvalue weighted by atomic mass is 10.00. The maximum atomic E-state index is 13.6. The molecule has 0 aliphatic heterocycles. The molecule has 0 aliphatic rings. The summed E-state index contributed by atoms with van der Waals surface area (Å²) in [5.41, 5.74) is -0.611. The van der Waals surface area contributed by atoms with Gasteiger partial charge < -0.3 is 5.73 Å². The average molecular weight is 331 g/mol. The van der Waals surface area contributed by atoms with Crippen LogP contribution < -0.4 is 5.73 Å². The molecule has 1 nitrogen and oxygen atoms in total. The summed E-state index contributed by atoms with van der Waals surface area (Å²) in [7, 11) is 0. The molecule has 118 valence electrons. The Morgan fingerprint density at radius 1 is 0.364 bits per heavy atom. The molecule has 2 aromatic carbocycles. The second kappa shape index (κ2) is 5.11. The van der Waals surface area contributed by atoms with Crippen LogP contribution >= 0.6 is 0 Å². The Kier molecular flexibility index (Phi) is 3.71. The van der Waals surface area contributed by atoms with E-state index in [4.69, 9.17) is 5.73 Å². The van der Waals surface area contributed by atoms with Crippen LogP contribution in [0.5, 0.6) is 0 Å². The molecular weight excluding hydrogens is 329 g/mol. The summed E-state index contributed by atoms with van der Waals surface area (Å²) in [5.74, 6) is -22.3. The Morgan fingerprint density at radius 2 is 0.636 bits per heavy atom. The molecule has 0 amide bonds. The molecule has 0 saturated heterocycles. The fourth-order valence-corrected chi connectivity index (χ4v) is 1.72. The normalized spacial score (nSPS) is 11.1. The lowest BCUT2D eigenvalue weighted by Gasteiger charge is -2.13. The fraction of sp³-hybridized carbons (Fsp3) is 0. The van der Waals surface area contributed by atoms with Crippen LogP contribution in [-0.4, -0.2) is 0 Å². The number of hydrogen-bond donors (Lipinski definition) is 1. The highest BCUT2D eigenvalue weighted by atomic mass is 19.2. The van der Waals surface area contributed by atoms with Crippen molar-refractivity contribution in [2.24, 2.45) is 0 Å². The fourth-order valence-electron chi connectivity index (χ4n) is 1.72. The Bertz CT molecular complexity index is 675. The van der Waals surface area contributed by atoms with E-state index in [9.17, 15) is 39.5 Å². The van der Waals surface area contributed by atoms with E-state index in [-0.39, 0.29) is 0 Å². The van der Waals surface area contributed by atoms with E-state index in [1.54, 1.807) is 0 Å². The molecule has 2 N–H and O–H groups in total. The van der Waals surface area contributed by atoms with Crippen molar-refractivity contribution in [1.29, 1.82) is 0 Å². The Morgan fingerprint density at radius 3 is 1.05 bits per heavy atom. The number of anilines is 1. The summed E-state index contributed by atoms with van der Waals surface area (Å²) >= 11 is 0. The van der Waals surface area contributed by atoms with E-state index in [0.717, 1.165) is 0 Å². The zero-order valence-corrected chi connectivity index (χ0v) is 9.98. The van der Waals surface area contributed by atoms with Gasteiger partial charge in [-0.15, -0.1) is 0 Å². The first-order chi connectivity index (χ1) is 10.1. The van der Waals surface area contributed by atoms with Crippen LogP contribution in [0.2, 0.25) is 0 Å². The highest BCUT2D eigenvalue weighted by Gasteiger charge is 2.33. The second-order valence-electron chi connectivity index (χ2n) is 3.99. The van der Waals surface area contributed by atoms with Crippen LogP contribution in [0.1, 0.15) is 0 Å².